The summed E-state index contributed by atoms with van der Waals surface area (Å²) < 4.78 is 30.6. The van der Waals surface area contributed by atoms with Gasteiger partial charge in [0, 0.05) is 15.3 Å². The number of hydrogen-bond donors (Lipinski definition) is 0. The number of carbonyl (C=O) groups is 1. The van der Waals surface area contributed by atoms with Crippen molar-refractivity contribution in [2.24, 2.45) is 0 Å². The van der Waals surface area contributed by atoms with Crippen molar-refractivity contribution in [2.75, 3.05) is 6.61 Å². The molecular formula is C10H10F2INO2. The topological polar surface area (TPSA) is 39.2 Å². The molecule has 0 N–H and O–H groups in total. The van der Waals surface area contributed by atoms with Crippen LogP contribution in [0.4, 0.5) is 8.78 Å². The molecule has 1 heterocycles. The average molecular weight is 341 g/mol. The van der Waals surface area contributed by atoms with Crippen LogP contribution in [0.1, 0.15) is 24.6 Å². The smallest absolute Gasteiger partial charge is 0.311 e. The van der Waals surface area contributed by atoms with E-state index in [2.05, 4.69) is 9.72 Å². The third kappa shape index (κ3) is 3.66. The summed E-state index contributed by atoms with van der Waals surface area (Å²) in [6, 6.07) is 1.33. The number of rotatable bonds is 4. The number of halogens is 3. The Labute approximate surface area is 105 Å². The minimum Gasteiger partial charge on any atom is -0.466 e. The summed E-state index contributed by atoms with van der Waals surface area (Å²) >= 11 is 1.89. The molecule has 0 aliphatic rings. The Balaban J connectivity index is 2.90. The summed E-state index contributed by atoms with van der Waals surface area (Å²) in [6.45, 7) is 1.89. The maximum atomic E-state index is 12.6. The van der Waals surface area contributed by atoms with Crippen molar-refractivity contribution in [1.29, 1.82) is 0 Å². The largest absolute Gasteiger partial charge is 0.466 e. The van der Waals surface area contributed by atoms with Gasteiger partial charge in [-0.3, -0.25) is 9.78 Å². The van der Waals surface area contributed by atoms with Gasteiger partial charge in [0.1, 0.15) is 0 Å². The van der Waals surface area contributed by atoms with E-state index in [4.69, 9.17) is 0 Å². The summed E-state index contributed by atoms with van der Waals surface area (Å²) in [5.41, 5.74) is -0.131. The van der Waals surface area contributed by atoms with Crippen LogP contribution >= 0.6 is 22.6 Å². The Hall–Kier alpha value is -0.790. The van der Waals surface area contributed by atoms with E-state index in [1.165, 1.54) is 12.3 Å². The molecule has 0 radical (unpaired) electrons. The maximum Gasteiger partial charge on any atom is 0.311 e. The van der Waals surface area contributed by atoms with Crippen LogP contribution in [0, 0.1) is 3.57 Å². The van der Waals surface area contributed by atoms with E-state index in [9.17, 15) is 13.6 Å². The number of hydrogen-bond acceptors (Lipinski definition) is 3. The Kier molecular flexibility index (Phi) is 5.04. The highest BCUT2D eigenvalue weighted by atomic mass is 127. The van der Waals surface area contributed by atoms with Crippen LogP contribution in [-0.4, -0.2) is 17.6 Å². The second kappa shape index (κ2) is 6.07. The van der Waals surface area contributed by atoms with Crippen molar-refractivity contribution in [3.8, 4) is 0 Å². The molecule has 88 valence electrons. The second-order valence-corrected chi connectivity index (χ2v) is 4.22. The SMILES string of the molecule is CCOC(=O)Cc1ncc(I)cc1C(F)F. The fourth-order valence-corrected chi connectivity index (χ4v) is 1.64. The first-order valence-electron chi connectivity index (χ1n) is 4.62. The molecule has 0 fully saturated rings. The highest BCUT2D eigenvalue weighted by Gasteiger charge is 2.17. The van der Waals surface area contributed by atoms with Crippen LogP contribution in [0.3, 0.4) is 0 Å². The summed E-state index contributed by atoms with van der Waals surface area (Å²) in [7, 11) is 0. The molecule has 1 rings (SSSR count). The van der Waals surface area contributed by atoms with E-state index >= 15 is 0 Å². The molecule has 0 bridgehead atoms. The molecule has 0 aliphatic heterocycles. The lowest BCUT2D eigenvalue weighted by molar-refractivity contribution is -0.142. The van der Waals surface area contributed by atoms with E-state index in [1.807, 2.05) is 22.6 Å². The number of pyridine rings is 1. The van der Waals surface area contributed by atoms with Crippen molar-refractivity contribution in [1.82, 2.24) is 4.98 Å². The van der Waals surface area contributed by atoms with Crippen LogP contribution in [0.15, 0.2) is 12.3 Å². The van der Waals surface area contributed by atoms with Crippen molar-refractivity contribution < 1.29 is 18.3 Å². The number of ether oxygens (including phenoxy) is 1. The van der Waals surface area contributed by atoms with Crippen molar-refractivity contribution in [3.05, 3.63) is 27.1 Å². The van der Waals surface area contributed by atoms with E-state index in [0.717, 1.165) is 0 Å². The zero-order chi connectivity index (χ0) is 12.1. The van der Waals surface area contributed by atoms with Gasteiger partial charge in [-0.2, -0.15) is 0 Å². The zero-order valence-electron chi connectivity index (χ0n) is 8.54. The van der Waals surface area contributed by atoms with Crippen LogP contribution in [0.25, 0.3) is 0 Å². The quantitative estimate of drug-likeness (QED) is 0.625. The number of esters is 1. The number of alkyl halides is 2. The van der Waals surface area contributed by atoms with Crippen molar-refractivity contribution in [3.63, 3.8) is 0 Å². The molecule has 0 unspecified atom stereocenters. The molecule has 0 aliphatic carbocycles. The summed E-state index contributed by atoms with van der Waals surface area (Å²) in [6.07, 6.45) is -1.41. The molecule has 0 atom stereocenters. The molecule has 0 spiro atoms. The molecule has 1 aromatic rings. The molecule has 0 saturated heterocycles. The molecule has 0 saturated carbocycles. The number of carbonyl (C=O) groups excluding carboxylic acids is 1. The van der Waals surface area contributed by atoms with E-state index in [1.54, 1.807) is 6.92 Å². The third-order valence-corrected chi connectivity index (χ3v) is 2.41. The number of aromatic nitrogens is 1. The first-order valence-corrected chi connectivity index (χ1v) is 5.70. The normalized spacial score (nSPS) is 10.6. The van der Waals surface area contributed by atoms with Gasteiger partial charge in [0.05, 0.1) is 18.7 Å². The fourth-order valence-electron chi connectivity index (χ4n) is 1.17. The first kappa shape index (κ1) is 13.3. The van der Waals surface area contributed by atoms with Gasteiger partial charge in [-0.25, -0.2) is 8.78 Å². The van der Waals surface area contributed by atoms with E-state index in [-0.39, 0.29) is 24.3 Å². The molecule has 1 aromatic heterocycles. The highest BCUT2D eigenvalue weighted by molar-refractivity contribution is 14.1. The molecule has 0 aromatic carbocycles. The molecule has 16 heavy (non-hydrogen) atoms. The van der Waals surface area contributed by atoms with E-state index in [0.29, 0.717) is 3.57 Å². The minimum atomic E-state index is -2.63. The van der Waals surface area contributed by atoms with Gasteiger partial charge in [0.25, 0.3) is 6.43 Å². The standard InChI is InChI=1S/C10H10F2INO2/c1-2-16-9(15)4-8-7(10(11)12)3-6(13)5-14-8/h3,5,10H,2,4H2,1H3. The van der Waals surface area contributed by atoms with Gasteiger partial charge in [-0.15, -0.1) is 0 Å². The van der Waals surface area contributed by atoms with Gasteiger partial charge < -0.3 is 4.74 Å². The summed E-state index contributed by atoms with van der Waals surface area (Å²) in [5.74, 6) is -0.543. The zero-order valence-corrected chi connectivity index (χ0v) is 10.7. The lowest BCUT2D eigenvalue weighted by Crippen LogP contribution is -2.11. The predicted octanol–water partition coefficient (Wildman–Crippen LogP) is 2.73. The van der Waals surface area contributed by atoms with Crippen LogP contribution < -0.4 is 0 Å². The highest BCUT2D eigenvalue weighted by Crippen LogP contribution is 2.23. The summed E-state index contributed by atoms with van der Waals surface area (Å²) in [5, 5.41) is 0. The average Bonchev–Trinajstić information content (AvgIpc) is 2.20. The van der Waals surface area contributed by atoms with Gasteiger partial charge in [-0.05, 0) is 35.6 Å². The van der Waals surface area contributed by atoms with Gasteiger partial charge in [0.2, 0.25) is 0 Å². The van der Waals surface area contributed by atoms with Crippen LogP contribution in [-0.2, 0) is 16.0 Å². The lowest BCUT2D eigenvalue weighted by atomic mass is 10.1. The van der Waals surface area contributed by atoms with Gasteiger partial charge >= 0.3 is 5.97 Å². The fraction of sp³-hybridized carbons (Fsp3) is 0.400. The lowest BCUT2D eigenvalue weighted by Gasteiger charge is -2.07. The van der Waals surface area contributed by atoms with Crippen molar-refractivity contribution >= 4 is 28.6 Å². The monoisotopic (exact) mass is 341 g/mol. The van der Waals surface area contributed by atoms with Gasteiger partial charge in [0.15, 0.2) is 0 Å². The van der Waals surface area contributed by atoms with Crippen LogP contribution in [0.5, 0.6) is 0 Å². The first-order chi connectivity index (χ1) is 7.54. The minimum absolute atomic E-state index is 0.0777. The predicted molar refractivity (Wildman–Crippen MR) is 62.2 cm³/mol. The molecule has 3 nitrogen and oxygen atoms in total. The Bertz CT molecular complexity index is 385. The van der Waals surface area contributed by atoms with Crippen LogP contribution in [0.2, 0.25) is 0 Å². The van der Waals surface area contributed by atoms with Gasteiger partial charge in [-0.1, -0.05) is 0 Å². The summed E-state index contributed by atoms with van der Waals surface area (Å²) in [4.78, 5) is 15.0. The maximum absolute atomic E-state index is 12.6. The van der Waals surface area contributed by atoms with Crippen molar-refractivity contribution in [2.45, 2.75) is 19.8 Å². The Morgan fingerprint density at radius 3 is 2.88 bits per heavy atom. The molecule has 6 heteroatoms. The van der Waals surface area contributed by atoms with E-state index < -0.39 is 12.4 Å². The third-order valence-electron chi connectivity index (χ3n) is 1.82. The Morgan fingerprint density at radius 2 is 2.31 bits per heavy atom. The Morgan fingerprint density at radius 1 is 1.62 bits per heavy atom. The molecule has 0 amide bonds. The molecular weight excluding hydrogens is 331 g/mol. The second-order valence-electron chi connectivity index (χ2n) is 2.97. The number of nitrogens with zero attached hydrogens (tertiary/aromatic N) is 1.